The number of aliphatic hydroxyl groups excluding tert-OH is 1. The number of carbonyl (C=O) groups is 2. The number of aliphatic hydroxyl groups is 1. The average Bonchev–Trinajstić information content (AvgIpc) is 3.79. The summed E-state index contributed by atoms with van der Waals surface area (Å²) in [5.41, 5.74) is 0. The maximum atomic E-state index is 12.1. The Bertz CT molecular complexity index is 817. The number of epoxide rings is 1. The highest BCUT2D eigenvalue weighted by Gasteiger charge is 2.35. The summed E-state index contributed by atoms with van der Waals surface area (Å²) in [6.07, 6.45) is 38.1. The summed E-state index contributed by atoms with van der Waals surface area (Å²) in [5.74, 6) is 0.166. The molecule has 46 heavy (non-hydrogen) atoms. The lowest BCUT2D eigenvalue weighted by Gasteiger charge is -2.15. The number of unbranched alkanes of at least 4 members (excludes halogenated alkanes) is 14. The highest BCUT2D eigenvalue weighted by molar-refractivity contribution is 5.70. The van der Waals surface area contributed by atoms with Crippen LogP contribution in [0.1, 0.15) is 168 Å². The summed E-state index contributed by atoms with van der Waals surface area (Å²) in [5, 5.41) is 9.54. The second kappa shape index (κ2) is 30.4. The van der Waals surface area contributed by atoms with Crippen molar-refractivity contribution in [1.29, 1.82) is 0 Å². The van der Waals surface area contributed by atoms with Crippen molar-refractivity contribution in [3.63, 3.8) is 0 Å². The van der Waals surface area contributed by atoms with Crippen LogP contribution in [0.15, 0.2) is 36.5 Å². The van der Waals surface area contributed by atoms with E-state index in [1.807, 2.05) is 0 Å². The molecule has 0 aromatic rings. The molecule has 0 amide bonds. The lowest BCUT2D eigenvalue weighted by atomic mass is 10.0. The van der Waals surface area contributed by atoms with E-state index in [0.717, 1.165) is 50.9 Å². The molecule has 3 atom stereocenters. The van der Waals surface area contributed by atoms with Crippen LogP contribution in [-0.4, -0.2) is 48.6 Å². The van der Waals surface area contributed by atoms with E-state index in [2.05, 4.69) is 57.2 Å². The summed E-state index contributed by atoms with van der Waals surface area (Å²) in [4.78, 5) is 24.2. The predicted octanol–water partition coefficient (Wildman–Crippen LogP) is 10.5. The van der Waals surface area contributed by atoms with Crippen molar-refractivity contribution in [2.24, 2.45) is 5.92 Å². The molecule has 1 fully saturated rings. The van der Waals surface area contributed by atoms with Gasteiger partial charge in [0.1, 0.15) is 6.61 Å². The van der Waals surface area contributed by atoms with Crippen LogP contribution in [0.2, 0.25) is 0 Å². The van der Waals surface area contributed by atoms with Gasteiger partial charge >= 0.3 is 11.9 Å². The molecule has 1 aliphatic heterocycles. The van der Waals surface area contributed by atoms with Crippen molar-refractivity contribution in [3.8, 4) is 0 Å². The summed E-state index contributed by atoms with van der Waals surface area (Å²) in [6, 6.07) is 0. The van der Waals surface area contributed by atoms with Crippen molar-refractivity contribution in [2.45, 2.75) is 187 Å². The minimum Gasteiger partial charge on any atom is -0.462 e. The van der Waals surface area contributed by atoms with Crippen LogP contribution in [0.4, 0.5) is 0 Å². The number of ether oxygens (including phenoxy) is 3. The van der Waals surface area contributed by atoms with E-state index in [1.54, 1.807) is 0 Å². The molecule has 6 nitrogen and oxygen atoms in total. The first-order chi connectivity index (χ1) is 22.5. The van der Waals surface area contributed by atoms with E-state index >= 15 is 0 Å². The monoisotopic (exact) mass is 647 g/mol. The third-order valence-corrected chi connectivity index (χ3v) is 8.52. The van der Waals surface area contributed by atoms with Crippen LogP contribution in [-0.2, 0) is 23.8 Å². The zero-order valence-corrected chi connectivity index (χ0v) is 29.9. The molecule has 0 spiro atoms. The minimum absolute atomic E-state index is 0.0970. The Balaban J connectivity index is 1.93. The first-order valence-corrected chi connectivity index (χ1v) is 19.0. The second-order valence-corrected chi connectivity index (χ2v) is 13.5. The van der Waals surface area contributed by atoms with Gasteiger partial charge in [-0.05, 0) is 57.3 Å². The van der Waals surface area contributed by atoms with Gasteiger partial charge in [-0.25, -0.2) is 0 Å². The maximum Gasteiger partial charge on any atom is 0.306 e. The highest BCUT2D eigenvalue weighted by Crippen LogP contribution is 2.29. The van der Waals surface area contributed by atoms with Gasteiger partial charge in [-0.1, -0.05) is 141 Å². The number of hydrogen-bond donors (Lipinski definition) is 1. The molecule has 1 rings (SSSR count). The van der Waals surface area contributed by atoms with Gasteiger partial charge in [0.05, 0.1) is 18.8 Å². The molecule has 6 heteroatoms. The molecule has 0 bridgehead atoms. The van der Waals surface area contributed by atoms with Crippen LogP contribution >= 0.6 is 0 Å². The normalized spacial score (nSPS) is 17.1. The molecule has 1 heterocycles. The molecular formula is C40H70O6. The van der Waals surface area contributed by atoms with E-state index in [1.165, 1.54) is 83.5 Å². The molecule has 0 aromatic heterocycles. The van der Waals surface area contributed by atoms with Gasteiger partial charge in [0.25, 0.3) is 0 Å². The van der Waals surface area contributed by atoms with Crippen LogP contribution in [0.25, 0.3) is 0 Å². The molecule has 0 saturated carbocycles. The van der Waals surface area contributed by atoms with Gasteiger partial charge in [-0.2, -0.15) is 0 Å². The quantitative estimate of drug-likeness (QED) is 0.0339. The molecule has 266 valence electrons. The third kappa shape index (κ3) is 27.2. The Morgan fingerprint density at radius 3 is 1.85 bits per heavy atom. The van der Waals surface area contributed by atoms with E-state index in [0.29, 0.717) is 31.5 Å². The first-order valence-electron chi connectivity index (χ1n) is 19.0. The largest absolute Gasteiger partial charge is 0.462 e. The van der Waals surface area contributed by atoms with Gasteiger partial charge in [0.15, 0.2) is 6.10 Å². The number of carbonyl (C=O) groups excluding carboxylic acids is 2. The standard InChI is InChI=1S/C40H70O6/c1-4-5-6-7-19-24-29-37-38(46-37)30-25-20-15-13-17-21-26-31-39(42)44-34-36(33-41)45-40(43)32-27-22-16-12-10-8-9-11-14-18-23-28-35(2)3/h13,17,19-20,24-25,35-38,41H,4-12,14-16,18,21-23,26-34H2,1-3H3/b17-13-,24-19-,25-20-/t36-,37?,38?/m0/s1. The molecular weight excluding hydrogens is 576 g/mol. The fourth-order valence-corrected chi connectivity index (χ4v) is 5.48. The van der Waals surface area contributed by atoms with Gasteiger partial charge in [0, 0.05) is 12.8 Å². The Morgan fingerprint density at radius 2 is 1.22 bits per heavy atom. The molecule has 0 radical (unpaired) electrons. The maximum absolute atomic E-state index is 12.1. The van der Waals surface area contributed by atoms with Crippen molar-refractivity contribution in [1.82, 2.24) is 0 Å². The van der Waals surface area contributed by atoms with E-state index in [9.17, 15) is 14.7 Å². The summed E-state index contributed by atoms with van der Waals surface area (Å²) in [7, 11) is 0. The van der Waals surface area contributed by atoms with Crippen molar-refractivity contribution in [3.05, 3.63) is 36.5 Å². The van der Waals surface area contributed by atoms with Crippen LogP contribution < -0.4 is 0 Å². The molecule has 1 N–H and O–H groups in total. The molecule has 0 aromatic carbocycles. The van der Waals surface area contributed by atoms with E-state index in [4.69, 9.17) is 14.2 Å². The van der Waals surface area contributed by atoms with E-state index in [-0.39, 0.29) is 25.2 Å². The smallest absolute Gasteiger partial charge is 0.306 e. The predicted molar refractivity (Wildman–Crippen MR) is 191 cm³/mol. The summed E-state index contributed by atoms with van der Waals surface area (Å²) in [6.45, 7) is 6.38. The summed E-state index contributed by atoms with van der Waals surface area (Å²) < 4.78 is 16.3. The van der Waals surface area contributed by atoms with Crippen LogP contribution in [0, 0.1) is 5.92 Å². The van der Waals surface area contributed by atoms with Crippen LogP contribution in [0.5, 0.6) is 0 Å². The summed E-state index contributed by atoms with van der Waals surface area (Å²) >= 11 is 0. The zero-order chi connectivity index (χ0) is 33.5. The molecule has 2 unspecified atom stereocenters. The Hall–Kier alpha value is -1.92. The fraction of sp³-hybridized carbons (Fsp3) is 0.800. The topological polar surface area (TPSA) is 85.4 Å². The van der Waals surface area contributed by atoms with Gasteiger partial charge in [0.2, 0.25) is 0 Å². The van der Waals surface area contributed by atoms with Gasteiger partial charge in [-0.15, -0.1) is 0 Å². The van der Waals surface area contributed by atoms with Crippen molar-refractivity contribution < 1.29 is 28.9 Å². The second-order valence-electron chi connectivity index (χ2n) is 13.5. The Labute approximate surface area is 282 Å². The van der Waals surface area contributed by atoms with Crippen molar-refractivity contribution >= 4 is 11.9 Å². The lowest BCUT2D eigenvalue weighted by molar-refractivity contribution is -0.161. The molecule has 0 aliphatic carbocycles. The number of hydrogen-bond acceptors (Lipinski definition) is 6. The van der Waals surface area contributed by atoms with Gasteiger partial charge in [-0.3, -0.25) is 9.59 Å². The molecule has 1 saturated heterocycles. The SMILES string of the molecule is CCCCC/C=C\CC1OC1C/C=C\C/C=C\CCCC(=O)OC[C@H](CO)OC(=O)CCCCCCCCCCCCCC(C)C. The number of allylic oxidation sites excluding steroid dienone is 4. The Morgan fingerprint density at radius 1 is 0.674 bits per heavy atom. The first kappa shape index (κ1) is 42.1. The van der Waals surface area contributed by atoms with Crippen LogP contribution in [0.3, 0.4) is 0 Å². The molecule has 1 aliphatic rings. The minimum atomic E-state index is -0.795. The number of rotatable bonds is 32. The zero-order valence-electron chi connectivity index (χ0n) is 29.9. The highest BCUT2D eigenvalue weighted by atomic mass is 16.6. The van der Waals surface area contributed by atoms with Gasteiger partial charge < -0.3 is 19.3 Å². The average molecular weight is 647 g/mol. The van der Waals surface area contributed by atoms with Crippen molar-refractivity contribution in [2.75, 3.05) is 13.2 Å². The fourth-order valence-electron chi connectivity index (χ4n) is 5.48. The van der Waals surface area contributed by atoms with E-state index < -0.39 is 6.10 Å². The number of esters is 2. The lowest BCUT2D eigenvalue weighted by Crippen LogP contribution is -2.28. The Kier molecular flexibility index (Phi) is 27.8. The third-order valence-electron chi connectivity index (χ3n) is 8.52.